The molecular formula is C24H31N3O2. The van der Waals surface area contributed by atoms with Gasteiger partial charge in [-0.05, 0) is 74.1 Å². The van der Waals surface area contributed by atoms with Gasteiger partial charge in [-0.3, -0.25) is 4.79 Å². The summed E-state index contributed by atoms with van der Waals surface area (Å²) in [5.41, 5.74) is 7.31. The smallest absolute Gasteiger partial charge is 0.244 e. The Kier molecular flexibility index (Phi) is 6.26. The molecule has 5 nitrogen and oxygen atoms in total. The molecule has 1 atom stereocenters. The van der Waals surface area contributed by atoms with Crippen LogP contribution in [0.2, 0.25) is 0 Å². The minimum absolute atomic E-state index is 0.153. The number of benzene rings is 2. The van der Waals surface area contributed by atoms with Crippen molar-refractivity contribution >= 4 is 17.8 Å². The van der Waals surface area contributed by atoms with E-state index in [1.807, 2.05) is 24.3 Å². The zero-order valence-corrected chi connectivity index (χ0v) is 18.0. The lowest BCUT2D eigenvalue weighted by Gasteiger charge is -2.47. The number of carbonyl (C=O) groups is 1. The number of hydrogen-bond acceptors (Lipinski definition) is 4. The van der Waals surface area contributed by atoms with Crippen LogP contribution in [-0.2, 0) is 11.2 Å². The summed E-state index contributed by atoms with van der Waals surface area (Å²) in [6, 6.07) is 13.9. The summed E-state index contributed by atoms with van der Waals surface area (Å²) in [6.07, 6.45) is 3.09. The molecule has 0 fully saturated rings. The quantitative estimate of drug-likeness (QED) is 0.581. The summed E-state index contributed by atoms with van der Waals surface area (Å²) in [7, 11) is 1.61. The molecule has 0 aliphatic carbocycles. The maximum Gasteiger partial charge on any atom is 0.244 e. The molecule has 0 radical (unpaired) electrons. The second-order valence-electron chi connectivity index (χ2n) is 8.30. The Balaban J connectivity index is 1.67. The van der Waals surface area contributed by atoms with Crippen LogP contribution in [0.15, 0.2) is 47.6 Å². The average molecular weight is 394 g/mol. The fourth-order valence-electron chi connectivity index (χ4n) is 4.37. The molecule has 29 heavy (non-hydrogen) atoms. The summed E-state index contributed by atoms with van der Waals surface area (Å²) >= 11 is 0. The normalized spacial score (nSPS) is 17.8. The maximum atomic E-state index is 12.2. The number of carbonyl (C=O) groups excluding carboxylic acids is 1. The zero-order valence-electron chi connectivity index (χ0n) is 18.0. The van der Waals surface area contributed by atoms with Gasteiger partial charge in [-0.2, -0.15) is 5.10 Å². The first-order valence-electron chi connectivity index (χ1n) is 10.2. The van der Waals surface area contributed by atoms with E-state index in [0.29, 0.717) is 5.92 Å². The number of amides is 1. The van der Waals surface area contributed by atoms with Gasteiger partial charge in [0.1, 0.15) is 5.75 Å². The third-order valence-electron chi connectivity index (χ3n) is 5.63. The van der Waals surface area contributed by atoms with Gasteiger partial charge in [-0.25, -0.2) is 5.43 Å². The van der Waals surface area contributed by atoms with Gasteiger partial charge in [0.15, 0.2) is 0 Å². The zero-order chi connectivity index (χ0) is 21.0. The Bertz CT molecular complexity index is 905. The van der Waals surface area contributed by atoms with Gasteiger partial charge in [0.25, 0.3) is 0 Å². The largest absolute Gasteiger partial charge is 0.497 e. The monoisotopic (exact) mass is 393 g/mol. The molecule has 5 heteroatoms. The summed E-state index contributed by atoms with van der Waals surface area (Å²) in [4.78, 5) is 14.6. The minimum atomic E-state index is -0.153. The third-order valence-corrected chi connectivity index (χ3v) is 5.63. The predicted octanol–water partition coefficient (Wildman–Crippen LogP) is 4.50. The molecule has 1 aliphatic heterocycles. The summed E-state index contributed by atoms with van der Waals surface area (Å²) in [5.74, 6) is 1.07. The number of methoxy groups -OCH3 is 1. The second-order valence-corrected chi connectivity index (χ2v) is 8.30. The number of nitrogens with zero attached hydrogens (tertiary/aromatic N) is 2. The summed E-state index contributed by atoms with van der Waals surface area (Å²) in [5, 5.41) is 4.15. The number of rotatable bonds is 6. The molecule has 0 bridgehead atoms. The molecule has 0 spiro atoms. The number of nitrogens with one attached hydrogen (secondary N) is 1. The highest BCUT2D eigenvalue weighted by Gasteiger charge is 2.35. The molecule has 3 rings (SSSR count). The van der Waals surface area contributed by atoms with Gasteiger partial charge >= 0.3 is 0 Å². The summed E-state index contributed by atoms with van der Waals surface area (Å²) in [6.45, 7) is 10.1. The Morgan fingerprint density at radius 2 is 2.10 bits per heavy atom. The molecule has 1 N–H and O–H groups in total. The lowest BCUT2D eigenvalue weighted by Crippen LogP contribution is -2.48. The van der Waals surface area contributed by atoms with Crippen molar-refractivity contribution in [3.05, 3.63) is 59.2 Å². The minimum Gasteiger partial charge on any atom is -0.497 e. The fourth-order valence-corrected chi connectivity index (χ4v) is 4.37. The van der Waals surface area contributed by atoms with E-state index in [0.717, 1.165) is 29.8 Å². The predicted molar refractivity (Wildman–Crippen MR) is 119 cm³/mol. The highest BCUT2D eigenvalue weighted by Crippen LogP contribution is 2.43. The lowest BCUT2D eigenvalue weighted by molar-refractivity contribution is -0.120. The number of hydrazone groups is 1. The van der Waals surface area contributed by atoms with Gasteiger partial charge < -0.3 is 9.64 Å². The van der Waals surface area contributed by atoms with E-state index in [1.54, 1.807) is 13.3 Å². The van der Waals surface area contributed by atoms with Crippen LogP contribution in [0, 0.1) is 0 Å². The molecule has 1 unspecified atom stereocenters. The molecule has 2 aromatic rings. The molecule has 0 saturated heterocycles. The molecule has 2 aromatic carbocycles. The van der Waals surface area contributed by atoms with Crippen molar-refractivity contribution in [3.8, 4) is 5.75 Å². The average Bonchev–Trinajstić information content (AvgIpc) is 2.68. The van der Waals surface area contributed by atoms with Crippen LogP contribution < -0.4 is 15.1 Å². The van der Waals surface area contributed by atoms with Crippen molar-refractivity contribution in [3.63, 3.8) is 0 Å². The van der Waals surface area contributed by atoms with Crippen LogP contribution >= 0.6 is 0 Å². The van der Waals surface area contributed by atoms with Crippen molar-refractivity contribution in [2.75, 3.05) is 18.6 Å². The Morgan fingerprint density at radius 1 is 1.31 bits per heavy atom. The number of anilines is 1. The molecule has 1 amide bonds. The molecule has 154 valence electrons. The first-order chi connectivity index (χ1) is 13.8. The van der Waals surface area contributed by atoms with Gasteiger partial charge in [0.2, 0.25) is 5.91 Å². The lowest BCUT2D eigenvalue weighted by atomic mass is 9.79. The Labute approximate surface area is 173 Å². The maximum absolute atomic E-state index is 12.2. The first-order valence-corrected chi connectivity index (χ1v) is 10.2. The number of hydrogen-bond donors (Lipinski definition) is 1. The van der Waals surface area contributed by atoms with E-state index < -0.39 is 0 Å². The molecule has 0 aromatic heterocycles. The molecule has 1 aliphatic rings. The second kappa shape index (κ2) is 8.68. The van der Waals surface area contributed by atoms with Crippen LogP contribution in [0.3, 0.4) is 0 Å². The third kappa shape index (κ3) is 4.78. The van der Waals surface area contributed by atoms with Gasteiger partial charge in [-0.1, -0.05) is 25.1 Å². The van der Waals surface area contributed by atoms with E-state index >= 15 is 0 Å². The van der Waals surface area contributed by atoms with Crippen molar-refractivity contribution < 1.29 is 9.53 Å². The van der Waals surface area contributed by atoms with Crippen molar-refractivity contribution in [1.82, 2.24) is 5.43 Å². The van der Waals surface area contributed by atoms with Crippen LogP contribution in [0.1, 0.15) is 56.7 Å². The number of ether oxygens (including phenoxy) is 1. The van der Waals surface area contributed by atoms with Crippen molar-refractivity contribution in [2.24, 2.45) is 5.10 Å². The van der Waals surface area contributed by atoms with E-state index in [4.69, 9.17) is 4.74 Å². The van der Waals surface area contributed by atoms with Gasteiger partial charge in [-0.15, -0.1) is 0 Å². The Morgan fingerprint density at radius 3 is 2.83 bits per heavy atom. The van der Waals surface area contributed by atoms with E-state index in [1.165, 1.54) is 11.3 Å². The standard InChI is InChI=1S/C24H31N3O2/c1-6-27-22-11-10-19(13-21(22)17(2)15-24(27,3)4)16-25-26-23(28)14-18-8-7-9-20(12-18)29-5/h7-13,16-17H,6,14-15H2,1-5H3,(H,26,28)/b25-16+. The first kappa shape index (κ1) is 20.9. The van der Waals surface area contributed by atoms with E-state index in [2.05, 4.69) is 61.3 Å². The van der Waals surface area contributed by atoms with Crippen LogP contribution in [0.4, 0.5) is 5.69 Å². The molecule has 1 heterocycles. The SMILES string of the molecule is CCN1c2ccc(/C=N/NC(=O)Cc3cccc(OC)c3)cc2C(C)CC1(C)C. The van der Waals surface area contributed by atoms with Crippen LogP contribution in [0.5, 0.6) is 5.75 Å². The van der Waals surface area contributed by atoms with Crippen molar-refractivity contribution in [1.29, 1.82) is 0 Å². The van der Waals surface area contributed by atoms with Gasteiger partial charge in [0.05, 0.1) is 19.7 Å². The fraction of sp³-hybridized carbons (Fsp3) is 0.417. The van der Waals surface area contributed by atoms with Gasteiger partial charge in [0, 0.05) is 17.8 Å². The topological polar surface area (TPSA) is 53.9 Å². The van der Waals surface area contributed by atoms with Crippen LogP contribution in [-0.4, -0.2) is 31.3 Å². The van der Waals surface area contributed by atoms with E-state index in [-0.39, 0.29) is 17.9 Å². The molecule has 0 saturated carbocycles. The van der Waals surface area contributed by atoms with Crippen molar-refractivity contribution in [2.45, 2.75) is 52.0 Å². The molecular weight excluding hydrogens is 362 g/mol. The number of fused-ring (bicyclic) bond motifs is 1. The highest BCUT2D eigenvalue weighted by molar-refractivity contribution is 5.84. The Hall–Kier alpha value is -2.82. The van der Waals surface area contributed by atoms with Crippen LogP contribution in [0.25, 0.3) is 0 Å². The summed E-state index contributed by atoms with van der Waals surface area (Å²) < 4.78 is 5.19. The highest BCUT2D eigenvalue weighted by atomic mass is 16.5. The van der Waals surface area contributed by atoms with E-state index in [9.17, 15) is 4.79 Å².